The first kappa shape index (κ1) is 26.6. The number of nitrogens with one attached hydrogen (secondary N) is 2. The number of nitrogens with zero attached hydrogens (tertiary/aromatic N) is 2. The van der Waals surface area contributed by atoms with Crippen molar-refractivity contribution in [3.63, 3.8) is 0 Å². The average molecular weight is 509 g/mol. The maximum Gasteiger partial charge on any atom is 0.251 e. The first-order valence-corrected chi connectivity index (χ1v) is 12.2. The molecule has 0 spiro atoms. The van der Waals surface area contributed by atoms with Crippen LogP contribution in [0.5, 0.6) is 0 Å². The topological polar surface area (TPSA) is 113 Å². The maximum atomic E-state index is 12.8. The molecule has 0 bridgehead atoms. The summed E-state index contributed by atoms with van der Waals surface area (Å²) < 4.78 is 10.5. The van der Waals surface area contributed by atoms with Gasteiger partial charge in [0.1, 0.15) is 5.41 Å². The van der Waals surface area contributed by atoms with E-state index in [4.69, 9.17) is 9.47 Å². The predicted octanol–water partition coefficient (Wildman–Crippen LogP) is 3.10. The van der Waals surface area contributed by atoms with Gasteiger partial charge < -0.3 is 20.1 Å². The van der Waals surface area contributed by atoms with Gasteiger partial charge in [-0.05, 0) is 60.5 Å². The van der Waals surface area contributed by atoms with Crippen LogP contribution in [0.3, 0.4) is 0 Å². The van der Waals surface area contributed by atoms with Gasteiger partial charge in [-0.25, -0.2) is 0 Å². The summed E-state index contributed by atoms with van der Waals surface area (Å²) in [5, 5.41) is 15.3. The lowest BCUT2D eigenvalue weighted by Crippen LogP contribution is -2.33. The molecule has 2 heterocycles. The van der Waals surface area contributed by atoms with Gasteiger partial charge in [0.05, 0.1) is 38.1 Å². The Hall–Kier alpha value is -4.50. The van der Waals surface area contributed by atoms with Crippen molar-refractivity contribution in [2.24, 2.45) is 0 Å². The van der Waals surface area contributed by atoms with E-state index in [9.17, 15) is 14.9 Å². The Balaban J connectivity index is 1.41. The van der Waals surface area contributed by atoms with Crippen molar-refractivity contribution in [3.05, 3.63) is 99.9 Å². The summed E-state index contributed by atoms with van der Waals surface area (Å²) in [6.45, 7) is 3.64. The second-order valence-corrected chi connectivity index (χ2v) is 9.11. The van der Waals surface area contributed by atoms with Crippen molar-refractivity contribution in [1.82, 2.24) is 15.6 Å². The summed E-state index contributed by atoms with van der Waals surface area (Å²) >= 11 is 0. The number of carbonyl (C=O) groups excluding carboxylic acids is 2. The van der Waals surface area contributed by atoms with Crippen molar-refractivity contribution in [2.45, 2.75) is 25.5 Å². The zero-order valence-electron chi connectivity index (χ0n) is 21.3. The summed E-state index contributed by atoms with van der Waals surface area (Å²) in [6.07, 6.45) is 1.64. The van der Waals surface area contributed by atoms with Gasteiger partial charge in [0, 0.05) is 42.1 Å². The molecule has 3 aromatic rings. The molecule has 0 saturated heterocycles. The second kappa shape index (κ2) is 12.2. The zero-order chi connectivity index (χ0) is 27.0. The molecule has 38 heavy (non-hydrogen) atoms. The molecule has 0 aliphatic carbocycles. The lowest BCUT2D eigenvalue weighted by atomic mass is 9.79. The summed E-state index contributed by atoms with van der Waals surface area (Å²) in [6, 6.07) is 18.3. The number of aromatic nitrogens is 1. The lowest BCUT2D eigenvalue weighted by Gasteiger charge is -2.30. The zero-order valence-corrected chi connectivity index (χ0v) is 21.3. The third-order valence-electron chi connectivity index (χ3n) is 6.18. The van der Waals surface area contributed by atoms with E-state index in [1.165, 1.54) is 0 Å². The fourth-order valence-corrected chi connectivity index (χ4v) is 4.07. The van der Waals surface area contributed by atoms with E-state index in [0.29, 0.717) is 48.7 Å². The van der Waals surface area contributed by atoms with Gasteiger partial charge in [-0.1, -0.05) is 24.0 Å². The molecule has 1 aromatic heterocycles. The number of amides is 2. The standard InChI is InChI=1S/C30H28N4O4/c1-30(19-31)20-38-18-25-9-8-24(16-27(25)30)29(36)34-17-26-15-22(10-11-32-26)7-6-21-4-3-5-23(14-21)28(35)33-12-13-37-2/h3-5,8-11,14-16H,12-13,17-18,20H2,1-2H3,(H,33,35)(H,34,36). The third kappa shape index (κ3) is 6.43. The molecule has 0 saturated carbocycles. The van der Waals surface area contributed by atoms with E-state index in [0.717, 1.165) is 16.7 Å². The van der Waals surface area contributed by atoms with E-state index in [1.807, 2.05) is 25.1 Å². The molecule has 8 heteroatoms. The van der Waals surface area contributed by atoms with Gasteiger partial charge in [-0.3, -0.25) is 14.6 Å². The van der Waals surface area contributed by atoms with E-state index >= 15 is 0 Å². The molecule has 2 N–H and O–H groups in total. The van der Waals surface area contributed by atoms with Gasteiger partial charge in [-0.15, -0.1) is 0 Å². The maximum absolute atomic E-state index is 12.8. The Labute approximate surface area is 222 Å². The molecular weight excluding hydrogens is 480 g/mol. The highest BCUT2D eigenvalue weighted by molar-refractivity contribution is 5.95. The first-order chi connectivity index (χ1) is 18.4. The number of hydrogen-bond donors (Lipinski definition) is 2. The van der Waals surface area contributed by atoms with Crippen molar-refractivity contribution in [2.75, 3.05) is 26.9 Å². The Morgan fingerprint density at radius 1 is 1.05 bits per heavy atom. The largest absolute Gasteiger partial charge is 0.383 e. The van der Waals surface area contributed by atoms with E-state index in [2.05, 4.69) is 33.5 Å². The molecule has 4 rings (SSSR count). The minimum atomic E-state index is -0.786. The molecular formula is C30H28N4O4. The molecule has 0 radical (unpaired) electrons. The molecule has 8 nitrogen and oxygen atoms in total. The van der Waals surface area contributed by atoms with Crippen LogP contribution in [0.2, 0.25) is 0 Å². The number of hydrogen-bond acceptors (Lipinski definition) is 6. The molecule has 1 aliphatic rings. The fraction of sp³-hybridized carbons (Fsp3) is 0.267. The number of nitriles is 1. The van der Waals surface area contributed by atoms with Crippen LogP contribution in [0.4, 0.5) is 0 Å². The summed E-state index contributed by atoms with van der Waals surface area (Å²) in [5.74, 6) is 5.73. The van der Waals surface area contributed by atoms with Gasteiger partial charge in [0.2, 0.25) is 0 Å². The second-order valence-electron chi connectivity index (χ2n) is 9.11. The Morgan fingerprint density at radius 2 is 1.82 bits per heavy atom. The van der Waals surface area contributed by atoms with Crippen LogP contribution in [0, 0.1) is 23.2 Å². The minimum Gasteiger partial charge on any atom is -0.383 e. The number of pyridine rings is 1. The molecule has 2 aromatic carbocycles. The molecule has 0 fully saturated rings. The van der Waals surface area contributed by atoms with Crippen LogP contribution in [0.1, 0.15) is 55.6 Å². The Bertz CT molecular complexity index is 1450. The van der Waals surface area contributed by atoms with Crippen LogP contribution in [-0.2, 0) is 28.0 Å². The summed E-state index contributed by atoms with van der Waals surface area (Å²) in [7, 11) is 1.58. The molecule has 1 unspecified atom stereocenters. The summed E-state index contributed by atoms with van der Waals surface area (Å²) in [5.41, 5.74) is 4.06. The van der Waals surface area contributed by atoms with Crippen LogP contribution >= 0.6 is 0 Å². The SMILES string of the molecule is COCCNC(=O)c1cccc(C#Cc2ccnc(CNC(=O)c3ccc4c(c3)C(C)(C#N)COC4)c2)c1. The molecule has 192 valence electrons. The van der Waals surface area contributed by atoms with E-state index in [1.54, 1.807) is 49.7 Å². The van der Waals surface area contributed by atoms with Crippen molar-refractivity contribution >= 4 is 11.8 Å². The number of carbonyl (C=O) groups is 2. The Morgan fingerprint density at radius 3 is 2.61 bits per heavy atom. The van der Waals surface area contributed by atoms with Gasteiger partial charge in [0.15, 0.2) is 0 Å². The predicted molar refractivity (Wildman–Crippen MR) is 141 cm³/mol. The number of fused-ring (bicyclic) bond motifs is 1. The number of methoxy groups -OCH3 is 1. The fourth-order valence-electron chi connectivity index (χ4n) is 4.07. The van der Waals surface area contributed by atoms with Gasteiger partial charge in [-0.2, -0.15) is 5.26 Å². The quantitative estimate of drug-likeness (QED) is 0.375. The van der Waals surface area contributed by atoms with Crippen LogP contribution in [0.15, 0.2) is 60.8 Å². The van der Waals surface area contributed by atoms with Crippen LogP contribution in [-0.4, -0.2) is 43.7 Å². The van der Waals surface area contributed by atoms with Gasteiger partial charge >= 0.3 is 0 Å². The molecule has 2 amide bonds. The van der Waals surface area contributed by atoms with Crippen molar-refractivity contribution in [1.29, 1.82) is 5.26 Å². The number of benzene rings is 2. The van der Waals surface area contributed by atoms with E-state index < -0.39 is 5.41 Å². The lowest BCUT2D eigenvalue weighted by molar-refractivity contribution is 0.0757. The monoisotopic (exact) mass is 508 g/mol. The average Bonchev–Trinajstić information content (AvgIpc) is 2.95. The Kier molecular flexibility index (Phi) is 8.50. The van der Waals surface area contributed by atoms with Crippen molar-refractivity contribution in [3.8, 4) is 17.9 Å². The van der Waals surface area contributed by atoms with Crippen LogP contribution in [0.25, 0.3) is 0 Å². The third-order valence-corrected chi connectivity index (χ3v) is 6.18. The first-order valence-electron chi connectivity index (χ1n) is 12.2. The van der Waals surface area contributed by atoms with E-state index in [-0.39, 0.29) is 18.4 Å². The number of ether oxygens (including phenoxy) is 2. The molecule has 1 aliphatic heterocycles. The smallest absolute Gasteiger partial charge is 0.251 e. The minimum absolute atomic E-state index is 0.183. The highest BCUT2D eigenvalue weighted by atomic mass is 16.5. The van der Waals surface area contributed by atoms with Crippen molar-refractivity contribution < 1.29 is 19.1 Å². The number of rotatable bonds is 7. The van der Waals surface area contributed by atoms with Crippen LogP contribution < -0.4 is 10.6 Å². The highest BCUT2D eigenvalue weighted by Gasteiger charge is 2.33. The normalized spacial score (nSPS) is 15.8. The summed E-state index contributed by atoms with van der Waals surface area (Å²) in [4.78, 5) is 29.4. The molecule has 1 atom stereocenters. The van der Waals surface area contributed by atoms with Gasteiger partial charge in [0.25, 0.3) is 11.8 Å². The highest BCUT2D eigenvalue weighted by Crippen LogP contribution is 2.32.